The number of carbonyl (C=O) groups is 1. The van der Waals surface area contributed by atoms with Crippen molar-refractivity contribution in [3.05, 3.63) is 48.0 Å². The molecular formula is C23H30N2O7S. The predicted molar refractivity (Wildman–Crippen MR) is 122 cm³/mol. The van der Waals surface area contributed by atoms with E-state index in [9.17, 15) is 13.2 Å². The standard InChI is InChI=1S/C23H30N2O7S/c1-29-21-9-3-18(17-22(21)30-2)4-10-23(26)24-11-14-32-19-5-7-20(8-6-19)33(27,28)25-12-15-31-16-13-25/h3,5-9,17H,4,10-16H2,1-2H3,(H,24,26). The molecule has 1 aliphatic heterocycles. The Hall–Kier alpha value is -2.82. The molecule has 0 radical (unpaired) electrons. The molecule has 2 aromatic rings. The van der Waals surface area contributed by atoms with Crippen LogP contribution in [0.25, 0.3) is 0 Å². The number of hydrogen-bond donors (Lipinski definition) is 1. The second-order valence-electron chi connectivity index (χ2n) is 7.38. The zero-order valence-electron chi connectivity index (χ0n) is 18.9. The maximum absolute atomic E-state index is 12.6. The lowest BCUT2D eigenvalue weighted by Gasteiger charge is -2.26. The Bertz CT molecular complexity index is 1020. The Balaban J connectivity index is 1.39. The third-order valence-corrected chi connectivity index (χ3v) is 7.13. The summed E-state index contributed by atoms with van der Waals surface area (Å²) in [5.41, 5.74) is 0.978. The fourth-order valence-electron chi connectivity index (χ4n) is 3.39. The van der Waals surface area contributed by atoms with Crippen molar-refractivity contribution in [1.29, 1.82) is 0 Å². The van der Waals surface area contributed by atoms with Crippen LogP contribution in [0.3, 0.4) is 0 Å². The van der Waals surface area contributed by atoms with Crippen molar-refractivity contribution >= 4 is 15.9 Å². The second-order valence-corrected chi connectivity index (χ2v) is 9.31. The first-order chi connectivity index (χ1) is 15.9. The zero-order valence-corrected chi connectivity index (χ0v) is 19.7. The van der Waals surface area contributed by atoms with Crippen LogP contribution in [0.15, 0.2) is 47.4 Å². The van der Waals surface area contributed by atoms with E-state index in [0.29, 0.717) is 62.9 Å². The fourth-order valence-corrected chi connectivity index (χ4v) is 4.79. The number of hydrogen-bond acceptors (Lipinski definition) is 7. The minimum atomic E-state index is -3.53. The van der Waals surface area contributed by atoms with Crippen LogP contribution in [0.1, 0.15) is 12.0 Å². The van der Waals surface area contributed by atoms with Crippen LogP contribution in [0, 0.1) is 0 Å². The molecule has 9 nitrogen and oxygen atoms in total. The zero-order chi connectivity index (χ0) is 23.7. The molecule has 1 N–H and O–H groups in total. The highest BCUT2D eigenvalue weighted by Crippen LogP contribution is 2.28. The largest absolute Gasteiger partial charge is 0.493 e. The van der Waals surface area contributed by atoms with Crippen molar-refractivity contribution in [2.75, 3.05) is 53.7 Å². The summed E-state index contributed by atoms with van der Waals surface area (Å²) in [6.45, 7) is 2.13. The molecule has 0 spiro atoms. The summed E-state index contributed by atoms with van der Waals surface area (Å²) >= 11 is 0. The van der Waals surface area contributed by atoms with E-state index in [1.165, 1.54) is 16.4 Å². The lowest BCUT2D eigenvalue weighted by atomic mass is 10.1. The van der Waals surface area contributed by atoms with E-state index in [2.05, 4.69) is 5.32 Å². The Morgan fingerprint density at radius 2 is 1.73 bits per heavy atom. The van der Waals surface area contributed by atoms with Gasteiger partial charge in [-0.2, -0.15) is 4.31 Å². The highest BCUT2D eigenvalue weighted by atomic mass is 32.2. The van der Waals surface area contributed by atoms with Gasteiger partial charge < -0.3 is 24.3 Å². The van der Waals surface area contributed by atoms with Gasteiger partial charge in [0.1, 0.15) is 12.4 Å². The van der Waals surface area contributed by atoms with Gasteiger partial charge in [-0.15, -0.1) is 0 Å². The molecule has 1 saturated heterocycles. The molecule has 0 atom stereocenters. The minimum absolute atomic E-state index is 0.0830. The van der Waals surface area contributed by atoms with Gasteiger partial charge in [-0.3, -0.25) is 4.79 Å². The second kappa shape index (κ2) is 11.9. The summed E-state index contributed by atoms with van der Waals surface area (Å²) in [6.07, 6.45) is 0.912. The number of nitrogens with one attached hydrogen (secondary N) is 1. The first-order valence-electron chi connectivity index (χ1n) is 10.7. The van der Waals surface area contributed by atoms with Crippen molar-refractivity contribution in [1.82, 2.24) is 9.62 Å². The first-order valence-corrected chi connectivity index (χ1v) is 12.2. The molecule has 3 rings (SSSR count). The number of rotatable bonds is 11. The summed E-state index contributed by atoms with van der Waals surface area (Å²) < 4.78 is 48.0. The average molecular weight is 479 g/mol. The number of benzene rings is 2. The maximum atomic E-state index is 12.6. The summed E-state index contributed by atoms with van der Waals surface area (Å²) in [5.74, 6) is 1.73. The van der Waals surface area contributed by atoms with Crippen molar-refractivity contribution in [2.45, 2.75) is 17.7 Å². The van der Waals surface area contributed by atoms with E-state index in [-0.39, 0.29) is 17.4 Å². The van der Waals surface area contributed by atoms with Gasteiger partial charge in [-0.1, -0.05) is 6.07 Å². The van der Waals surface area contributed by atoms with Gasteiger partial charge in [0.05, 0.1) is 38.9 Å². The predicted octanol–water partition coefficient (Wildman–Crippen LogP) is 1.85. The van der Waals surface area contributed by atoms with Gasteiger partial charge >= 0.3 is 0 Å². The quantitative estimate of drug-likeness (QED) is 0.492. The first kappa shape index (κ1) is 24.8. The molecule has 0 bridgehead atoms. The van der Waals surface area contributed by atoms with E-state index < -0.39 is 10.0 Å². The van der Waals surface area contributed by atoms with Crippen LogP contribution in [0.2, 0.25) is 0 Å². The molecule has 1 aliphatic rings. The maximum Gasteiger partial charge on any atom is 0.243 e. The summed E-state index contributed by atoms with van der Waals surface area (Å²) in [6, 6.07) is 11.9. The Kier molecular flexibility index (Phi) is 8.93. The number of nitrogens with zero attached hydrogens (tertiary/aromatic N) is 1. The third-order valence-electron chi connectivity index (χ3n) is 5.21. The molecule has 2 aromatic carbocycles. The Morgan fingerprint density at radius 3 is 2.39 bits per heavy atom. The molecular weight excluding hydrogens is 448 g/mol. The number of morpholine rings is 1. The number of carbonyl (C=O) groups excluding carboxylic acids is 1. The van der Waals surface area contributed by atoms with Crippen molar-refractivity contribution in [3.8, 4) is 17.2 Å². The van der Waals surface area contributed by atoms with Crippen LogP contribution in [0.5, 0.6) is 17.2 Å². The highest BCUT2D eigenvalue weighted by Gasteiger charge is 2.26. The van der Waals surface area contributed by atoms with Gasteiger partial charge in [-0.25, -0.2) is 8.42 Å². The van der Waals surface area contributed by atoms with Crippen molar-refractivity contribution < 1.29 is 32.2 Å². The van der Waals surface area contributed by atoms with E-state index in [4.69, 9.17) is 18.9 Å². The normalized spacial score (nSPS) is 14.5. The number of amides is 1. The SMILES string of the molecule is COc1ccc(CCC(=O)NCCOc2ccc(S(=O)(=O)N3CCOCC3)cc2)cc1OC. The molecule has 180 valence electrons. The molecule has 33 heavy (non-hydrogen) atoms. The highest BCUT2D eigenvalue weighted by molar-refractivity contribution is 7.89. The molecule has 0 aromatic heterocycles. The fraction of sp³-hybridized carbons (Fsp3) is 0.435. The molecule has 1 heterocycles. The molecule has 0 unspecified atom stereocenters. The Labute approximate surface area is 194 Å². The number of sulfonamides is 1. The van der Waals surface area contributed by atoms with Crippen LogP contribution in [0.4, 0.5) is 0 Å². The van der Waals surface area contributed by atoms with Crippen LogP contribution in [-0.2, 0) is 26.0 Å². The Morgan fingerprint density at radius 1 is 1.03 bits per heavy atom. The van der Waals surface area contributed by atoms with Gasteiger partial charge in [0.2, 0.25) is 15.9 Å². The number of methoxy groups -OCH3 is 2. The van der Waals surface area contributed by atoms with E-state index in [1.54, 1.807) is 26.4 Å². The molecule has 10 heteroatoms. The van der Waals surface area contributed by atoms with Gasteiger partial charge in [0.15, 0.2) is 11.5 Å². The van der Waals surface area contributed by atoms with Gasteiger partial charge in [0.25, 0.3) is 0 Å². The van der Waals surface area contributed by atoms with Crippen LogP contribution < -0.4 is 19.5 Å². The van der Waals surface area contributed by atoms with E-state index in [0.717, 1.165) is 5.56 Å². The lowest BCUT2D eigenvalue weighted by molar-refractivity contribution is -0.121. The van der Waals surface area contributed by atoms with Crippen molar-refractivity contribution in [2.24, 2.45) is 0 Å². The van der Waals surface area contributed by atoms with E-state index >= 15 is 0 Å². The van der Waals surface area contributed by atoms with Crippen LogP contribution in [-0.4, -0.2) is 72.3 Å². The summed E-state index contributed by atoms with van der Waals surface area (Å²) in [5, 5.41) is 2.82. The van der Waals surface area contributed by atoms with Crippen molar-refractivity contribution in [3.63, 3.8) is 0 Å². The topological polar surface area (TPSA) is 103 Å². The molecule has 0 aliphatic carbocycles. The third kappa shape index (κ3) is 6.83. The lowest BCUT2D eigenvalue weighted by Crippen LogP contribution is -2.40. The van der Waals surface area contributed by atoms with E-state index in [1.807, 2.05) is 18.2 Å². The molecule has 1 amide bonds. The molecule has 0 saturated carbocycles. The van der Waals surface area contributed by atoms with Gasteiger partial charge in [0, 0.05) is 19.5 Å². The smallest absolute Gasteiger partial charge is 0.243 e. The number of ether oxygens (including phenoxy) is 4. The summed E-state index contributed by atoms with van der Waals surface area (Å²) in [7, 11) is -0.375. The summed E-state index contributed by atoms with van der Waals surface area (Å²) in [4.78, 5) is 12.3. The number of aryl methyl sites for hydroxylation is 1. The van der Waals surface area contributed by atoms with Gasteiger partial charge in [-0.05, 0) is 48.4 Å². The molecule has 1 fully saturated rings. The monoisotopic (exact) mass is 478 g/mol. The van der Waals surface area contributed by atoms with Crippen LogP contribution >= 0.6 is 0 Å². The average Bonchev–Trinajstić information content (AvgIpc) is 2.86. The minimum Gasteiger partial charge on any atom is -0.493 e.